The highest BCUT2D eigenvalue weighted by Crippen LogP contribution is 2.10. The lowest BCUT2D eigenvalue weighted by atomic mass is 10.1. The van der Waals surface area contributed by atoms with E-state index in [-0.39, 0.29) is 5.82 Å². The first-order valence-electron chi connectivity index (χ1n) is 4.03. The highest BCUT2D eigenvalue weighted by atomic mass is 32.2. The SMILES string of the molecule is CCc1ccc(F)cc1C#N.NS(=O)[O-]. The topological polar surface area (TPSA) is 89.9 Å². The maximum absolute atomic E-state index is 12.5. The van der Waals surface area contributed by atoms with Crippen LogP contribution in [0.5, 0.6) is 0 Å². The molecule has 1 rings (SSSR count). The number of benzene rings is 1. The molecule has 0 saturated carbocycles. The van der Waals surface area contributed by atoms with E-state index in [0.29, 0.717) is 5.56 Å². The van der Waals surface area contributed by atoms with Gasteiger partial charge in [-0.2, -0.15) is 5.26 Å². The van der Waals surface area contributed by atoms with Crippen LogP contribution in [-0.2, 0) is 17.7 Å². The van der Waals surface area contributed by atoms with E-state index in [1.165, 1.54) is 12.1 Å². The van der Waals surface area contributed by atoms with Crippen LogP contribution in [0.25, 0.3) is 0 Å². The minimum Gasteiger partial charge on any atom is -0.760 e. The average molecular weight is 229 g/mol. The maximum atomic E-state index is 12.5. The highest BCUT2D eigenvalue weighted by molar-refractivity contribution is 7.76. The maximum Gasteiger partial charge on any atom is 0.124 e. The predicted molar refractivity (Wildman–Crippen MR) is 53.6 cm³/mol. The summed E-state index contributed by atoms with van der Waals surface area (Å²) in [6, 6.07) is 6.23. The molecule has 0 bridgehead atoms. The minimum absolute atomic E-state index is 0.348. The van der Waals surface area contributed by atoms with Gasteiger partial charge in [0.2, 0.25) is 0 Å². The van der Waals surface area contributed by atoms with Gasteiger partial charge in [-0.1, -0.05) is 13.0 Å². The molecule has 1 atom stereocenters. The molecule has 2 N–H and O–H groups in total. The van der Waals surface area contributed by atoms with Crippen LogP contribution in [0.15, 0.2) is 18.2 Å². The van der Waals surface area contributed by atoms with Crippen LogP contribution in [0, 0.1) is 17.1 Å². The summed E-state index contributed by atoms with van der Waals surface area (Å²) < 4.78 is 30.1. The Hall–Kier alpha value is -1.29. The third-order valence-electron chi connectivity index (χ3n) is 1.57. The first-order valence-corrected chi connectivity index (χ1v) is 5.17. The summed E-state index contributed by atoms with van der Waals surface area (Å²) in [6.07, 6.45) is 0.767. The normalized spacial score (nSPS) is 10.9. The van der Waals surface area contributed by atoms with Gasteiger partial charge in [0, 0.05) is 11.3 Å². The molecule has 6 heteroatoms. The summed E-state index contributed by atoms with van der Waals surface area (Å²) in [5, 5.41) is 12.6. The third-order valence-corrected chi connectivity index (χ3v) is 1.57. The van der Waals surface area contributed by atoms with Gasteiger partial charge in [0.05, 0.1) is 11.6 Å². The van der Waals surface area contributed by atoms with Gasteiger partial charge in [-0.05, 0) is 24.1 Å². The number of hydrogen-bond acceptors (Lipinski definition) is 3. The van der Waals surface area contributed by atoms with E-state index < -0.39 is 11.3 Å². The molecule has 1 aromatic rings. The van der Waals surface area contributed by atoms with E-state index in [9.17, 15) is 4.39 Å². The summed E-state index contributed by atoms with van der Waals surface area (Å²) in [5.74, 6) is -0.348. The van der Waals surface area contributed by atoms with Crippen molar-refractivity contribution in [3.63, 3.8) is 0 Å². The lowest BCUT2D eigenvalue weighted by Gasteiger charge is -1.98. The summed E-state index contributed by atoms with van der Waals surface area (Å²) >= 11 is -2.36. The van der Waals surface area contributed by atoms with Crippen LogP contribution in [0.3, 0.4) is 0 Å². The van der Waals surface area contributed by atoms with E-state index in [4.69, 9.17) is 14.0 Å². The van der Waals surface area contributed by atoms with Crippen molar-refractivity contribution in [1.82, 2.24) is 0 Å². The Balaban J connectivity index is 0.000000423. The van der Waals surface area contributed by atoms with Crippen LogP contribution in [0.1, 0.15) is 18.1 Å². The van der Waals surface area contributed by atoms with Crippen molar-refractivity contribution in [3.05, 3.63) is 35.1 Å². The van der Waals surface area contributed by atoms with Gasteiger partial charge < -0.3 is 4.55 Å². The molecule has 1 aromatic carbocycles. The van der Waals surface area contributed by atoms with E-state index >= 15 is 0 Å². The van der Waals surface area contributed by atoms with E-state index in [1.807, 2.05) is 13.0 Å². The van der Waals surface area contributed by atoms with Crippen LogP contribution < -0.4 is 5.14 Å². The largest absolute Gasteiger partial charge is 0.760 e. The standard InChI is InChI=1S/C9H8FN.H3NO2S/c1-2-7-3-4-9(10)5-8(7)6-11;1-4(2)3/h3-5H,2H2,1H3;1H2,(H,2,3)/p-1. The van der Waals surface area contributed by atoms with Crippen molar-refractivity contribution in [2.24, 2.45) is 5.14 Å². The molecule has 1 unspecified atom stereocenters. The molecular formula is C9H10FN2O2S-. The second-order valence-corrected chi connectivity index (χ2v) is 3.05. The highest BCUT2D eigenvalue weighted by Gasteiger charge is 1.99. The van der Waals surface area contributed by atoms with Crippen LogP contribution in [0.4, 0.5) is 4.39 Å². The van der Waals surface area contributed by atoms with Crippen molar-refractivity contribution in [2.45, 2.75) is 13.3 Å². The molecule has 0 aliphatic heterocycles. The van der Waals surface area contributed by atoms with Gasteiger partial charge >= 0.3 is 0 Å². The molecule has 0 spiro atoms. The van der Waals surface area contributed by atoms with Gasteiger partial charge in [0.1, 0.15) is 5.82 Å². The van der Waals surface area contributed by atoms with Gasteiger partial charge in [0.15, 0.2) is 0 Å². The Morgan fingerprint density at radius 2 is 2.20 bits per heavy atom. The van der Waals surface area contributed by atoms with Gasteiger partial charge in [-0.3, -0.25) is 9.35 Å². The zero-order valence-electron chi connectivity index (χ0n) is 8.07. The Morgan fingerprint density at radius 1 is 1.67 bits per heavy atom. The summed E-state index contributed by atoms with van der Waals surface area (Å²) in [7, 11) is 0. The minimum atomic E-state index is -2.36. The molecular weight excluding hydrogens is 219 g/mol. The number of nitriles is 1. The van der Waals surface area contributed by atoms with E-state index in [2.05, 4.69) is 5.14 Å². The fourth-order valence-corrected chi connectivity index (χ4v) is 0.961. The number of nitrogens with zero attached hydrogens (tertiary/aromatic N) is 1. The number of halogens is 1. The first-order chi connectivity index (χ1) is 7.01. The second-order valence-electron chi connectivity index (χ2n) is 2.53. The molecule has 0 aliphatic rings. The number of nitrogens with two attached hydrogens (primary N) is 1. The second kappa shape index (κ2) is 7.06. The molecule has 0 fully saturated rings. The van der Waals surface area contributed by atoms with Crippen LogP contribution in [-0.4, -0.2) is 8.76 Å². The fraction of sp³-hybridized carbons (Fsp3) is 0.222. The predicted octanol–water partition coefficient (Wildman–Crippen LogP) is 0.999. The van der Waals surface area contributed by atoms with E-state index in [1.54, 1.807) is 6.07 Å². The fourth-order valence-electron chi connectivity index (χ4n) is 0.961. The lowest BCUT2D eigenvalue weighted by molar-refractivity contribution is 0.539. The Bertz CT molecular complexity index is 386. The van der Waals surface area contributed by atoms with Crippen molar-refractivity contribution >= 4 is 11.3 Å². The van der Waals surface area contributed by atoms with Gasteiger partial charge in [0.25, 0.3) is 0 Å². The quantitative estimate of drug-likeness (QED) is 0.728. The molecule has 0 amide bonds. The number of aryl methyl sites for hydroxylation is 1. The van der Waals surface area contributed by atoms with Crippen molar-refractivity contribution in [2.75, 3.05) is 0 Å². The molecule has 0 aliphatic carbocycles. The zero-order chi connectivity index (χ0) is 11.8. The Kier molecular flexibility index (Phi) is 6.45. The van der Waals surface area contributed by atoms with Gasteiger partial charge in [-0.15, -0.1) is 0 Å². The summed E-state index contributed by atoms with van der Waals surface area (Å²) in [5.41, 5.74) is 1.33. The Labute approximate surface area is 89.9 Å². The molecule has 0 aromatic heterocycles. The Morgan fingerprint density at radius 3 is 2.60 bits per heavy atom. The van der Waals surface area contributed by atoms with Crippen molar-refractivity contribution in [1.29, 1.82) is 5.26 Å². The zero-order valence-corrected chi connectivity index (χ0v) is 8.88. The third kappa shape index (κ3) is 5.91. The monoisotopic (exact) mass is 229 g/mol. The summed E-state index contributed by atoms with van der Waals surface area (Å²) in [4.78, 5) is 0. The molecule has 0 saturated heterocycles. The van der Waals surface area contributed by atoms with Gasteiger partial charge in [-0.25, -0.2) is 4.39 Å². The molecule has 4 nitrogen and oxygen atoms in total. The van der Waals surface area contributed by atoms with Crippen molar-refractivity contribution < 1.29 is 13.2 Å². The van der Waals surface area contributed by atoms with E-state index in [0.717, 1.165) is 12.0 Å². The lowest BCUT2D eigenvalue weighted by Crippen LogP contribution is -1.97. The average Bonchev–Trinajstić information content (AvgIpc) is 2.16. The molecule has 0 radical (unpaired) electrons. The first kappa shape index (κ1) is 13.7. The van der Waals surface area contributed by atoms with Crippen LogP contribution in [0.2, 0.25) is 0 Å². The number of rotatable bonds is 1. The smallest absolute Gasteiger partial charge is 0.124 e. The number of hydrogen-bond donors (Lipinski definition) is 1. The van der Waals surface area contributed by atoms with Crippen LogP contribution >= 0.6 is 0 Å². The molecule has 0 heterocycles. The molecule has 82 valence electrons. The summed E-state index contributed by atoms with van der Waals surface area (Å²) in [6.45, 7) is 1.94. The van der Waals surface area contributed by atoms with Crippen molar-refractivity contribution in [3.8, 4) is 6.07 Å². The molecule has 15 heavy (non-hydrogen) atoms.